The Kier molecular flexibility index (Phi) is 4.39. The van der Waals surface area contributed by atoms with Crippen LogP contribution in [0.2, 0.25) is 0 Å². The lowest BCUT2D eigenvalue weighted by Gasteiger charge is -2.12. The van der Waals surface area contributed by atoms with E-state index < -0.39 is 17.0 Å². The number of nitrogens with zero attached hydrogens (tertiary/aromatic N) is 1. The molecule has 0 amide bonds. The maximum atomic E-state index is 10.9. The number of rotatable bonds is 4. The zero-order valence-corrected chi connectivity index (χ0v) is 9.62. The molecule has 0 aromatic heterocycles. The van der Waals surface area contributed by atoms with E-state index in [2.05, 4.69) is 0 Å². The third-order valence-corrected chi connectivity index (χ3v) is 2.09. The Labute approximate surface area is 98.9 Å². The van der Waals surface area contributed by atoms with Crippen molar-refractivity contribution in [1.29, 1.82) is 0 Å². The monoisotopic (exact) mass is 235 g/mol. The Bertz CT molecular complexity index is 436. The number of carbonyl (C=O) groups excluding carboxylic acids is 1. The summed E-state index contributed by atoms with van der Waals surface area (Å²) in [7, 11) is 0. The van der Waals surface area contributed by atoms with Crippen molar-refractivity contribution in [3.05, 3.63) is 52.1 Å². The van der Waals surface area contributed by atoms with Crippen LogP contribution < -0.4 is 0 Å². The molecule has 17 heavy (non-hydrogen) atoms. The fourth-order valence-electron chi connectivity index (χ4n) is 1.36. The summed E-state index contributed by atoms with van der Waals surface area (Å²) in [5.41, 5.74) is 0.708. The fraction of sp³-hybridized carbons (Fsp3) is 0.250. The minimum absolute atomic E-state index is 0.0100. The molecule has 0 aliphatic carbocycles. The van der Waals surface area contributed by atoms with Gasteiger partial charge in [-0.2, -0.15) is 0 Å². The average Bonchev–Trinajstić information content (AvgIpc) is 2.28. The molecule has 5 nitrogen and oxygen atoms in total. The molecule has 1 unspecified atom stereocenters. The molecular formula is C12H13NO4. The van der Waals surface area contributed by atoms with Crippen LogP contribution in [0.3, 0.4) is 0 Å². The van der Waals surface area contributed by atoms with E-state index >= 15 is 0 Å². The largest absolute Gasteiger partial charge is 0.453 e. The van der Waals surface area contributed by atoms with E-state index in [1.807, 2.05) is 6.92 Å². The number of carbonyl (C=O) groups is 1. The number of ether oxygens (including phenoxy) is 1. The van der Waals surface area contributed by atoms with Gasteiger partial charge >= 0.3 is 5.97 Å². The first-order valence-electron chi connectivity index (χ1n) is 5.09. The zero-order valence-electron chi connectivity index (χ0n) is 9.62. The van der Waals surface area contributed by atoms with Crippen LogP contribution in [0.5, 0.6) is 0 Å². The fourth-order valence-corrected chi connectivity index (χ4v) is 1.36. The summed E-state index contributed by atoms with van der Waals surface area (Å²) >= 11 is 0. The van der Waals surface area contributed by atoms with Crippen molar-refractivity contribution in [2.24, 2.45) is 0 Å². The molecule has 0 saturated heterocycles. The Morgan fingerprint density at radius 3 is 2.41 bits per heavy atom. The van der Waals surface area contributed by atoms with Crippen molar-refractivity contribution >= 4 is 11.7 Å². The SMILES string of the molecule is C/C=C/C(OC(C)=O)c1ccc([N+](=O)[O-])cc1. The Hall–Kier alpha value is -2.17. The van der Waals surface area contributed by atoms with Gasteiger partial charge in [0.05, 0.1) is 4.92 Å². The topological polar surface area (TPSA) is 69.4 Å². The van der Waals surface area contributed by atoms with Gasteiger partial charge in [0.1, 0.15) is 6.10 Å². The highest BCUT2D eigenvalue weighted by Gasteiger charge is 2.12. The minimum atomic E-state index is -0.502. The predicted molar refractivity (Wildman–Crippen MR) is 62.4 cm³/mol. The normalized spacial score (nSPS) is 12.4. The molecule has 0 N–H and O–H groups in total. The molecule has 0 fully saturated rings. The summed E-state index contributed by atoms with van der Waals surface area (Å²) in [6.45, 7) is 3.13. The summed E-state index contributed by atoms with van der Waals surface area (Å²) in [6, 6.07) is 5.92. The first kappa shape index (κ1) is 12.9. The molecule has 1 rings (SSSR count). The molecule has 0 bridgehead atoms. The molecule has 0 aliphatic rings. The first-order valence-corrected chi connectivity index (χ1v) is 5.09. The molecule has 0 saturated carbocycles. The number of hydrogen-bond acceptors (Lipinski definition) is 4. The highest BCUT2D eigenvalue weighted by atomic mass is 16.6. The van der Waals surface area contributed by atoms with Crippen LogP contribution in [0.1, 0.15) is 25.5 Å². The van der Waals surface area contributed by atoms with Gasteiger partial charge in [-0.15, -0.1) is 0 Å². The number of allylic oxidation sites excluding steroid dienone is 1. The molecule has 0 spiro atoms. The van der Waals surface area contributed by atoms with Crippen molar-refractivity contribution in [3.63, 3.8) is 0 Å². The second kappa shape index (κ2) is 5.79. The third-order valence-electron chi connectivity index (χ3n) is 2.09. The quantitative estimate of drug-likeness (QED) is 0.348. The lowest BCUT2D eigenvalue weighted by Crippen LogP contribution is -2.06. The maximum absolute atomic E-state index is 10.9. The molecule has 5 heteroatoms. The molecule has 0 heterocycles. The standard InChI is InChI=1S/C12H13NO4/c1-3-4-12(17-9(2)14)10-5-7-11(8-6-10)13(15)16/h3-8,12H,1-2H3/b4-3+. The van der Waals surface area contributed by atoms with Gasteiger partial charge in [-0.05, 0) is 30.7 Å². The molecule has 1 aromatic carbocycles. The number of nitro benzene ring substituents is 1. The number of nitro groups is 1. The van der Waals surface area contributed by atoms with Crippen molar-refractivity contribution in [2.75, 3.05) is 0 Å². The second-order valence-electron chi connectivity index (χ2n) is 3.40. The molecule has 0 aliphatic heterocycles. The van der Waals surface area contributed by atoms with Gasteiger partial charge in [-0.3, -0.25) is 14.9 Å². The van der Waals surface area contributed by atoms with Gasteiger partial charge in [0.15, 0.2) is 0 Å². The van der Waals surface area contributed by atoms with E-state index in [1.54, 1.807) is 24.3 Å². The van der Waals surface area contributed by atoms with Crippen molar-refractivity contribution in [2.45, 2.75) is 20.0 Å². The van der Waals surface area contributed by atoms with E-state index in [1.165, 1.54) is 19.1 Å². The van der Waals surface area contributed by atoms with Crippen molar-refractivity contribution < 1.29 is 14.5 Å². The van der Waals surface area contributed by atoms with Gasteiger partial charge in [0.2, 0.25) is 0 Å². The Morgan fingerprint density at radius 1 is 1.41 bits per heavy atom. The number of esters is 1. The van der Waals surface area contributed by atoms with Crippen LogP contribution in [-0.2, 0) is 9.53 Å². The van der Waals surface area contributed by atoms with Crippen LogP contribution >= 0.6 is 0 Å². The number of non-ortho nitro benzene ring substituents is 1. The van der Waals surface area contributed by atoms with E-state index in [0.29, 0.717) is 5.56 Å². The molecule has 1 aromatic rings. The van der Waals surface area contributed by atoms with Crippen LogP contribution in [0.25, 0.3) is 0 Å². The van der Waals surface area contributed by atoms with E-state index in [-0.39, 0.29) is 5.69 Å². The lowest BCUT2D eigenvalue weighted by molar-refractivity contribution is -0.384. The zero-order chi connectivity index (χ0) is 12.8. The van der Waals surface area contributed by atoms with Crippen LogP contribution in [-0.4, -0.2) is 10.9 Å². The highest BCUT2D eigenvalue weighted by Crippen LogP contribution is 2.22. The van der Waals surface area contributed by atoms with Gasteiger partial charge in [0.25, 0.3) is 5.69 Å². The van der Waals surface area contributed by atoms with Crippen LogP contribution in [0, 0.1) is 10.1 Å². The minimum Gasteiger partial charge on any atom is -0.453 e. The molecular weight excluding hydrogens is 222 g/mol. The lowest BCUT2D eigenvalue weighted by atomic mass is 10.1. The third kappa shape index (κ3) is 3.71. The van der Waals surface area contributed by atoms with Crippen LogP contribution in [0.4, 0.5) is 5.69 Å². The van der Waals surface area contributed by atoms with E-state index in [4.69, 9.17) is 4.74 Å². The average molecular weight is 235 g/mol. The molecule has 1 atom stereocenters. The number of benzene rings is 1. The van der Waals surface area contributed by atoms with Gasteiger partial charge < -0.3 is 4.74 Å². The highest BCUT2D eigenvalue weighted by molar-refractivity contribution is 5.66. The Balaban J connectivity index is 2.94. The summed E-state index contributed by atoms with van der Waals surface area (Å²) in [5.74, 6) is -0.397. The second-order valence-corrected chi connectivity index (χ2v) is 3.40. The Morgan fingerprint density at radius 2 is 2.00 bits per heavy atom. The van der Waals surface area contributed by atoms with Crippen molar-refractivity contribution in [3.8, 4) is 0 Å². The van der Waals surface area contributed by atoms with Gasteiger partial charge in [-0.1, -0.05) is 6.08 Å². The first-order chi connectivity index (χ1) is 8.04. The summed E-state index contributed by atoms with van der Waals surface area (Å²) < 4.78 is 5.08. The van der Waals surface area contributed by atoms with Crippen molar-refractivity contribution in [1.82, 2.24) is 0 Å². The van der Waals surface area contributed by atoms with Gasteiger partial charge in [0, 0.05) is 19.1 Å². The summed E-state index contributed by atoms with van der Waals surface area (Å²) in [6.07, 6.45) is 2.97. The van der Waals surface area contributed by atoms with E-state index in [0.717, 1.165) is 0 Å². The summed E-state index contributed by atoms with van der Waals surface area (Å²) in [5, 5.41) is 10.5. The van der Waals surface area contributed by atoms with Crippen LogP contribution in [0.15, 0.2) is 36.4 Å². The maximum Gasteiger partial charge on any atom is 0.303 e. The van der Waals surface area contributed by atoms with E-state index in [9.17, 15) is 14.9 Å². The van der Waals surface area contributed by atoms with Gasteiger partial charge in [-0.25, -0.2) is 0 Å². The molecule has 90 valence electrons. The smallest absolute Gasteiger partial charge is 0.303 e. The summed E-state index contributed by atoms with van der Waals surface area (Å²) in [4.78, 5) is 20.9. The predicted octanol–water partition coefficient (Wildman–Crippen LogP) is 2.78. The molecule has 0 radical (unpaired) electrons. The number of hydrogen-bond donors (Lipinski definition) is 0.